The Morgan fingerprint density at radius 2 is 2.08 bits per heavy atom. The Bertz CT molecular complexity index is 690. The van der Waals surface area contributed by atoms with Crippen LogP contribution >= 0.6 is 0 Å². The molecule has 1 aromatic carbocycles. The second-order valence-corrected chi connectivity index (χ2v) is 7.09. The van der Waals surface area contributed by atoms with Crippen molar-refractivity contribution in [3.63, 3.8) is 0 Å². The number of benzene rings is 1. The summed E-state index contributed by atoms with van der Waals surface area (Å²) in [6.07, 6.45) is 0.947. The van der Waals surface area contributed by atoms with Crippen molar-refractivity contribution in [2.75, 3.05) is 26.3 Å². The summed E-state index contributed by atoms with van der Waals surface area (Å²) < 4.78 is 10.9. The van der Waals surface area contributed by atoms with E-state index in [4.69, 9.17) is 15.2 Å². The maximum Gasteiger partial charge on any atom is 0.227 e. The molecular formula is C18H22N2O4. The number of rotatable bonds is 3. The van der Waals surface area contributed by atoms with Gasteiger partial charge in [-0.25, -0.2) is 0 Å². The van der Waals surface area contributed by atoms with Crippen LogP contribution < -0.4 is 5.73 Å². The van der Waals surface area contributed by atoms with Gasteiger partial charge < -0.3 is 20.1 Å². The van der Waals surface area contributed by atoms with E-state index in [9.17, 15) is 9.59 Å². The molecule has 2 amide bonds. The number of carbonyl (C=O) groups excluding carboxylic acids is 2. The Balaban J connectivity index is 1.48. The summed E-state index contributed by atoms with van der Waals surface area (Å²) in [6, 6.07) is 6.07. The molecular weight excluding hydrogens is 308 g/mol. The van der Waals surface area contributed by atoms with Gasteiger partial charge in [0.15, 0.2) is 0 Å². The molecule has 128 valence electrons. The van der Waals surface area contributed by atoms with Gasteiger partial charge in [0.05, 0.1) is 31.7 Å². The molecule has 2 fully saturated rings. The molecule has 3 aliphatic rings. The van der Waals surface area contributed by atoms with Crippen LogP contribution in [0.1, 0.15) is 23.1 Å². The highest BCUT2D eigenvalue weighted by molar-refractivity contribution is 5.85. The second kappa shape index (κ2) is 5.86. The zero-order valence-electron chi connectivity index (χ0n) is 13.6. The number of nitrogens with two attached hydrogens (primary N) is 1. The molecule has 0 saturated carbocycles. The van der Waals surface area contributed by atoms with Crippen LogP contribution in [0.4, 0.5) is 0 Å². The van der Waals surface area contributed by atoms with Crippen molar-refractivity contribution in [3.05, 3.63) is 34.9 Å². The van der Waals surface area contributed by atoms with E-state index in [0.717, 1.165) is 11.1 Å². The Labute approximate surface area is 140 Å². The molecule has 0 aliphatic carbocycles. The monoisotopic (exact) mass is 330 g/mol. The number of amides is 2. The van der Waals surface area contributed by atoms with E-state index in [0.29, 0.717) is 52.4 Å². The first-order valence-electron chi connectivity index (χ1n) is 8.42. The van der Waals surface area contributed by atoms with Crippen LogP contribution in [0.25, 0.3) is 0 Å². The van der Waals surface area contributed by atoms with E-state index in [1.54, 1.807) is 4.90 Å². The van der Waals surface area contributed by atoms with Crippen molar-refractivity contribution in [1.29, 1.82) is 0 Å². The number of likely N-dealkylation sites (tertiary alicyclic amines) is 1. The van der Waals surface area contributed by atoms with Crippen LogP contribution in [0.15, 0.2) is 18.2 Å². The van der Waals surface area contributed by atoms with Crippen LogP contribution in [0, 0.1) is 11.3 Å². The average molecular weight is 330 g/mol. The third-order valence-electron chi connectivity index (χ3n) is 5.69. The van der Waals surface area contributed by atoms with Gasteiger partial charge in [0.1, 0.15) is 0 Å². The first-order chi connectivity index (χ1) is 11.6. The lowest BCUT2D eigenvalue weighted by Gasteiger charge is -2.34. The number of primary amides is 1. The lowest BCUT2D eigenvalue weighted by molar-refractivity contribution is -0.136. The highest BCUT2D eigenvalue weighted by Crippen LogP contribution is 2.42. The van der Waals surface area contributed by atoms with E-state index < -0.39 is 5.41 Å². The van der Waals surface area contributed by atoms with E-state index in [-0.39, 0.29) is 17.7 Å². The maximum absolute atomic E-state index is 12.7. The SMILES string of the molecule is NC(=O)[C@]12CCOC[C@H]1CN(C(=O)Cc1ccc3c(c1)COC3)C2. The fourth-order valence-electron chi connectivity index (χ4n) is 4.16. The number of ether oxygens (including phenoxy) is 2. The number of fused-ring (bicyclic) bond motifs is 2. The molecule has 4 rings (SSSR count). The van der Waals surface area contributed by atoms with Crippen LogP contribution in [0.5, 0.6) is 0 Å². The predicted molar refractivity (Wildman–Crippen MR) is 85.8 cm³/mol. The lowest BCUT2D eigenvalue weighted by Crippen LogP contribution is -2.48. The smallest absolute Gasteiger partial charge is 0.227 e. The molecule has 0 bridgehead atoms. The van der Waals surface area contributed by atoms with E-state index in [1.807, 2.05) is 12.1 Å². The Hall–Kier alpha value is -1.92. The molecule has 24 heavy (non-hydrogen) atoms. The highest BCUT2D eigenvalue weighted by Gasteiger charge is 2.53. The van der Waals surface area contributed by atoms with Crippen molar-refractivity contribution >= 4 is 11.8 Å². The second-order valence-electron chi connectivity index (χ2n) is 7.09. The highest BCUT2D eigenvalue weighted by atomic mass is 16.5. The molecule has 0 unspecified atom stereocenters. The van der Waals surface area contributed by atoms with Crippen LogP contribution in [0.3, 0.4) is 0 Å². The predicted octanol–water partition coefficient (Wildman–Crippen LogP) is 0.610. The molecule has 2 N–H and O–H groups in total. The molecule has 3 aliphatic heterocycles. The van der Waals surface area contributed by atoms with Gasteiger partial charge >= 0.3 is 0 Å². The van der Waals surface area contributed by atoms with Gasteiger partial charge in [-0.05, 0) is 23.1 Å². The summed E-state index contributed by atoms with van der Waals surface area (Å²) in [4.78, 5) is 26.5. The van der Waals surface area contributed by atoms with Crippen LogP contribution in [0.2, 0.25) is 0 Å². The molecule has 0 spiro atoms. The number of hydrogen-bond acceptors (Lipinski definition) is 4. The normalized spacial score (nSPS) is 28.5. The van der Waals surface area contributed by atoms with E-state index >= 15 is 0 Å². The van der Waals surface area contributed by atoms with Gasteiger partial charge in [0.2, 0.25) is 11.8 Å². The summed E-state index contributed by atoms with van der Waals surface area (Å²) in [7, 11) is 0. The molecule has 0 radical (unpaired) electrons. The Morgan fingerprint density at radius 1 is 1.25 bits per heavy atom. The first-order valence-corrected chi connectivity index (χ1v) is 8.42. The fraction of sp³-hybridized carbons (Fsp3) is 0.556. The summed E-state index contributed by atoms with van der Waals surface area (Å²) >= 11 is 0. The number of hydrogen-bond donors (Lipinski definition) is 1. The van der Waals surface area contributed by atoms with Gasteiger partial charge in [-0.15, -0.1) is 0 Å². The zero-order valence-corrected chi connectivity index (χ0v) is 13.6. The molecule has 6 nitrogen and oxygen atoms in total. The van der Waals surface area contributed by atoms with Crippen molar-refractivity contribution in [1.82, 2.24) is 4.90 Å². The average Bonchev–Trinajstić information content (AvgIpc) is 3.19. The van der Waals surface area contributed by atoms with Gasteiger partial charge in [0, 0.05) is 25.6 Å². The minimum atomic E-state index is -0.611. The summed E-state index contributed by atoms with van der Waals surface area (Å²) in [5.74, 6) is -0.245. The fourth-order valence-corrected chi connectivity index (χ4v) is 4.16. The number of nitrogens with zero attached hydrogens (tertiary/aromatic N) is 1. The molecule has 6 heteroatoms. The topological polar surface area (TPSA) is 81.9 Å². The Morgan fingerprint density at radius 3 is 2.88 bits per heavy atom. The van der Waals surface area contributed by atoms with Gasteiger partial charge in [-0.1, -0.05) is 18.2 Å². The Kier molecular flexibility index (Phi) is 3.81. The van der Waals surface area contributed by atoms with E-state index in [2.05, 4.69) is 6.07 Å². The van der Waals surface area contributed by atoms with Crippen LogP contribution in [-0.4, -0.2) is 43.0 Å². The van der Waals surface area contributed by atoms with Crippen molar-refractivity contribution in [2.45, 2.75) is 26.1 Å². The third kappa shape index (κ3) is 2.50. The lowest BCUT2D eigenvalue weighted by atomic mass is 9.74. The maximum atomic E-state index is 12.7. The molecule has 1 aromatic rings. The van der Waals surface area contributed by atoms with Crippen LogP contribution in [-0.2, 0) is 38.7 Å². The first kappa shape index (κ1) is 15.6. The van der Waals surface area contributed by atoms with Gasteiger partial charge in [-0.3, -0.25) is 9.59 Å². The summed E-state index contributed by atoms with van der Waals surface area (Å²) in [5, 5.41) is 0. The van der Waals surface area contributed by atoms with Crippen molar-refractivity contribution in [3.8, 4) is 0 Å². The summed E-state index contributed by atoms with van der Waals surface area (Å²) in [6.45, 7) is 3.28. The summed E-state index contributed by atoms with van der Waals surface area (Å²) in [5.41, 5.74) is 8.41. The third-order valence-corrected chi connectivity index (χ3v) is 5.69. The van der Waals surface area contributed by atoms with Crippen molar-refractivity contribution in [2.24, 2.45) is 17.1 Å². The minimum Gasteiger partial charge on any atom is -0.381 e. The largest absolute Gasteiger partial charge is 0.381 e. The minimum absolute atomic E-state index is 0.0149. The molecule has 2 saturated heterocycles. The molecule has 0 aromatic heterocycles. The quantitative estimate of drug-likeness (QED) is 0.880. The molecule has 3 heterocycles. The zero-order chi connectivity index (χ0) is 16.7. The van der Waals surface area contributed by atoms with E-state index in [1.165, 1.54) is 5.56 Å². The standard InChI is InChI=1S/C18H22N2O4/c19-17(22)18-3-4-23-10-15(18)7-20(11-18)16(21)6-12-1-2-13-8-24-9-14(13)5-12/h1-2,5,15H,3-4,6-11H2,(H2,19,22)/t15-,18+/m1/s1. The van der Waals surface area contributed by atoms with Gasteiger partial charge in [-0.2, -0.15) is 0 Å². The van der Waals surface area contributed by atoms with Gasteiger partial charge in [0.25, 0.3) is 0 Å². The number of carbonyl (C=O) groups is 2. The molecule has 2 atom stereocenters. The van der Waals surface area contributed by atoms with Crippen molar-refractivity contribution < 1.29 is 19.1 Å².